The van der Waals surface area contributed by atoms with Crippen LogP contribution in [-0.2, 0) is 11.3 Å². The Morgan fingerprint density at radius 3 is 2.61 bits per heavy atom. The maximum absolute atomic E-state index is 12.2. The maximum Gasteiger partial charge on any atom is 0.368 e. The molecule has 1 aliphatic rings. The summed E-state index contributed by atoms with van der Waals surface area (Å²) >= 11 is 0. The molecule has 1 fully saturated rings. The van der Waals surface area contributed by atoms with Crippen LogP contribution in [0, 0.1) is 11.3 Å². The van der Waals surface area contributed by atoms with E-state index in [1.165, 1.54) is 0 Å². The van der Waals surface area contributed by atoms with Gasteiger partial charge in [-0.25, -0.2) is 4.79 Å². The molecule has 23 heavy (non-hydrogen) atoms. The van der Waals surface area contributed by atoms with E-state index in [2.05, 4.69) is 21.8 Å². The largest absolute Gasteiger partial charge is 0.368 e. The summed E-state index contributed by atoms with van der Waals surface area (Å²) in [4.78, 5) is 24.4. The first-order valence-electron chi connectivity index (χ1n) is 7.44. The highest BCUT2D eigenvalue weighted by Crippen LogP contribution is 2.28. The summed E-state index contributed by atoms with van der Waals surface area (Å²) in [5.74, 6) is -0.407. The van der Waals surface area contributed by atoms with Crippen molar-refractivity contribution in [3.05, 3.63) is 40.8 Å². The van der Waals surface area contributed by atoms with E-state index in [0.29, 0.717) is 18.5 Å². The fourth-order valence-corrected chi connectivity index (χ4v) is 2.79. The normalized spacial score (nSPS) is 16.0. The molecule has 8 heteroatoms. The van der Waals surface area contributed by atoms with Gasteiger partial charge in [-0.3, -0.25) is 4.79 Å². The summed E-state index contributed by atoms with van der Waals surface area (Å²) in [6, 6.07) is 11.0. The second-order valence-electron chi connectivity index (χ2n) is 5.62. The van der Waals surface area contributed by atoms with Crippen LogP contribution in [0.2, 0.25) is 0 Å². The van der Waals surface area contributed by atoms with Gasteiger partial charge in [0.15, 0.2) is 0 Å². The van der Waals surface area contributed by atoms with Crippen LogP contribution in [0.25, 0.3) is 5.69 Å². The van der Waals surface area contributed by atoms with Gasteiger partial charge in [0.2, 0.25) is 5.91 Å². The van der Waals surface area contributed by atoms with E-state index >= 15 is 0 Å². The molecule has 1 amide bonds. The van der Waals surface area contributed by atoms with E-state index in [-0.39, 0.29) is 6.54 Å². The average Bonchev–Trinajstić information content (AvgIpc) is 3.17. The molecule has 0 bridgehead atoms. The van der Waals surface area contributed by atoms with E-state index in [1.54, 1.807) is 24.3 Å². The zero-order valence-electron chi connectivity index (χ0n) is 12.5. The van der Waals surface area contributed by atoms with Gasteiger partial charge in [0.1, 0.15) is 12.1 Å². The monoisotopic (exact) mass is 312 g/mol. The number of hydrogen-bond donors (Lipinski definition) is 1. The molecule has 1 saturated carbocycles. The first-order chi connectivity index (χ1) is 11.1. The summed E-state index contributed by atoms with van der Waals surface area (Å²) in [7, 11) is 0. The Hall–Kier alpha value is -2.95. The average molecular weight is 312 g/mol. The van der Waals surface area contributed by atoms with Crippen molar-refractivity contribution >= 4 is 5.91 Å². The van der Waals surface area contributed by atoms with Gasteiger partial charge < -0.3 is 5.32 Å². The van der Waals surface area contributed by atoms with Gasteiger partial charge in [0, 0.05) is 0 Å². The number of hydrogen-bond acceptors (Lipinski definition) is 5. The molecule has 0 saturated heterocycles. The Labute approximate surface area is 132 Å². The van der Waals surface area contributed by atoms with Gasteiger partial charge in [-0.2, -0.15) is 14.6 Å². The Morgan fingerprint density at radius 2 is 1.96 bits per heavy atom. The van der Waals surface area contributed by atoms with E-state index < -0.39 is 17.1 Å². The molecule has 1 heterocycles. The molecule has 1 N–H and O–H groups in total. The summed E-state index contributed by atoms with van der Waals surface area (Å²) in [5, 5.41) is 19.5. The number of aromatic nitrogens is 4. The van der Waals surface area contributed by atoms with Crippen molar-refractivity contribution in [1.82, 2.24) is 25.1 Å². The number of nitrogens with one attached hydrogen (secondary N) is 1. The Bertz CT molecular complexity index is 795. The highest BCUT2D eigenvalue weighted by atomic mass is 16.2. The molecule has 3 rings (SSSR count). The molecule has 0 unspecified atom stereocenters. The van der Waals surface area contributed by atoms with E-state index in [9.17, 15) is 14.9 Å². The smallest absolute Gasteiger partial charge is 0.336 e. The number of benzene rings is 1. The predicted octanol–water partition coefficient (Wildman–Crippen LogP) is 0.382. The minimum absolute atomic E-state index is 0.255. The molecule has 1 aromatic carbocycles. The van der Waals surface area contributed by atoms with Crippen LogP contribution in [0.15, 0.2) is 35.1 Å². The molecule has 0 atom stereocenters. The van der Waals surface area contributed by atoms with Crippen molar-refractivity contribution in [2.24, 2.45) is 0 Å². The number of nitriles is 1. The van der Waals surface area contributed by atoms with E-state index in [4.69, 9.17) is 0 Å². The van der Waals surface area contributed by atoms with Crippen molar-refractivity contribution < 1.29 is 4.79 Å². The molecular formula is C15H16N6O2. The number of amides is 1. The minimum Gasteiger partial charge on any atom is -0.336 e. The highest BCUT2D eigenvalue weighted by molar-refractivity contribution is 5.77. The summed E-state index contributed by atoms with van der Waals surface area (Å²) in [5.41, 5.74) is -0.729. The zero-order valence-corrected chi connectivity index (χ0v) is 12.5. The standard InChI is InChI=1S/C15H16N6O2/c16-11-15(8-4-5-9-15)17-13(22)10-20-14(23)21(19-18-20)12-6-2-1-3-7-12/h1-3,6-7H,4-5,8-10H2,(H,17,22). The number of nitrogens with zero attached hydrogens (tertiary/aromatic N) is 5. The second-order valence-corrected chi connectivity index (χ2v) is 5.62. The van der Waals surface area contributed by atoms with E-state index in [1.807, 2.05) is 6.07 Å². The van der Waals surface area contributed by atoms with Gasteiger partial charge in [0.25, 0.3) is 0 Å². The fraction of sp³-hybridized carbons (Fsp3) is 0.400. The Balaban J connectivity index is 1.74. The Morgan fingerprint density at radius 1 is 1.26 bits per heavy atom. The van der Waals surface area contributed by atoms with Gasteiger partial charge >= 0.3 is 5.69 Å². The van der Waals surface area contributed by atoms with Crippen LogP contribution in [0.3, 0.4) is 0 Å². The molecular weight excluding hydrogens is 296 g/mol. The first-order valence-corrected chi connectivity index (χ1v) is 7.44. The van der Waals surface area contributed by atoms with Gasteiger partial charge in [-0.05, 0) is 48.2 Å². The lowest BCUT2D eigenvalue weighted by Crippen LogP contribution is -2.47. The number of carbonyl (C=O) groups is 1. The number of carbonyl (C=O) groups excluding carboxylic acids is 1. The van der Waals surface area contributed by atoms with Crippen LogP contribution in [-0.4, -0.2) is 31.2 Å². The molecule has 2 aromatic rings. The molecule has 1 aromatic heterocycles. The SMILES string of the molecule is N#CC1(NC(=O)Cn2nnn(-c3ccccc3)c2=O)CCCC1. The van der Waals surface area contributed by atoms with Crippen LogP contribution >= 0.6 is 0 Å². The number of tetrazole rings is 1. The number of rotatable bonds is 4. The van der Waals surface area contributed by atoms with Gasteiger partial charge in [0.05, 0.1) is 11.8 Å². The highest BCUT2D eigenvalue weighted by Gasteiger charge is 2.35. The molecule has 0 aliphatic heterocycles. The van der Waals surface area contributed by atoms with Crippen LogP contribution in [0.5, 0.6) is 0 Å². The van der Waals surface area contributed by atoms with Crippen LogP contribution < -0.4 is 11.0 Å². The third kappa shape index (κ3) is 2.99. The quantitative estimate of drug-likeness (QED) is 0.878. The van der Waals surface area contributed by atoms with Crippen molar-refractivity contribution in [1.29, 1.82) is 5.26 Å². The van der Waals surface area contributed by atoms with Gasteiger partial charge in [-0.15, -0.1) is 0 Å². The Kier molecular flexibility index (Phi) is 3.93. The molecule has 8 nitrogen and oxygen atoms in total. The fourth-order valence-electron chi connectivity index (χ4n) is 2.79. The van der Waals surface area contributed by atoms with Crippen molar-refractivity contribution in [3.63, 3.8) is 0 Å². The molecule has 118 valence electrons. The first kappa shape index (κ1) is 15.0. The van der Waals surface area contributed by atoms with E-state index in [0.717, 1.165) is 22.2 Å². The zero-order chi connectivity index (χ0) is 16.3. The minimum atomic E-state index is -0.809. The van der Waals surface area contributed by atoms with Crippen molar-refractivity contribution in [3.8, 4) is 11.8 Å². The topological polar surface area (TPSA) is 106 Å². The van der Waals surface area contributed by atoms with Crippen LogP contribution in [0.4, 0.5) is 0 Å². The van der Waals surface area contributed by atoms with Crippen molar-refractivity contribution in [2.75, 3.05) is 0 Å². The third-order valence-corrected chi connectivity index (χ3v) is 3.98. The summed E-state index contributed by atoms with van der Waals surface area (Å²) in [6.07, 6.45) is 3.11. The van der Waals surface area contributed by atoms with Gasteiger partial charge in [-0.1, -0.05) is 18.2 Å². The van der Waals surface area contributed by atoms with Crippen molar-refractivity contribution in [2.45, 2.75) is 37.8 Å². The third-order valence-electron chi connectivity index (χ3n) is 3.98. The lowest BCUT2D eigenvalue weighted by Gasteiger charge is -2.21. The summed E-state index contributed by atoms with van der Waals surface area (Å²) < 4.78 is 2.12. The summed E-state index contributed by atoms with van der Waals surface area (Å²) in [6.45, 7) is -0.255. The molecule has 0 radical (unpaired) electrons. The second kappa shape index (κ2) is 6.04. The molecule has 1 aliphatic carbocycles. The molecule has 0 spiro atoms. The number of para-hydroxylation sites is 1. The predicted molar refractivity (Wildman–Crippen MR) is 80.6 cm³/mol. The van der Waals surface area contributed by atoms with Crippen LogP contribution in [0.1, 0.15) is 25.7 Å². The lowest BCUT2D eigenvalue weighted by molar-refractivity contribution is -0.123. The lowest BCUT2D eigenvalue weighted by atomic mass is 10.00. The maximum atomic E-state index is 12.2.